The second kappa shape index (κ2) is 6.63. The molecule has 0 saturated heterocycles. The van der Waals surface area contributed by atoms with E-state index in [0.29, 0.717) is 11.0 Å². The summed E-state index contributed by atoms with van der Waals surface area (Å²) in [6.07, 6.45) is 0. The maximum Gasteiger partial charge on any atom is 0.240 e. The lowest BCUT2D eigenvalue weighted by molar-refractivity contribution is -0.115. The van der Waals surface area contributed by atoms with Crippen molar-refractivity contribution in [2.75, 3.05) is 18.9 Å². The van der Waals surface area contributed by atoms with E-state index in [1.165, 1.54) is 4.88 Å². The van der Waals surface area contributed by atoms with Crippen molar-refractivity contribution in [1.82, 2.24) is 10.3 Å². The van der Waals surface area contributed by atoms with Gasteiger partial charge in [0.05, 0.1) is 12.2 Å². The van der Waals surface area contributed by atoms with Gasteiger partial charge in [-0.1, -0.05) is 44.2 Å². The SMILES string of the molecule is CNCC(=O)Nc1nc(-c2ccccc2)c(C(C)C)s1. The van der Waals surface area contributed by atoms with Crippen LogP contribution in [0.1, 0.15) is 24.6 Å². The van der Waals surface area contributed by atoms with Crippen molar-refractivity contribution in [2.45, 2.75) is 19.8 Å². The lowest BCUT2D eigenvalue weighted by Gasteiger charge is -2.04. The van der Waals surface area contributed by atoms with Crippen LogP contribution in [0.15, 0.2) is 30.3 Å². The van der Waals surface area contributed by atoms with E-state index in [1.54, 1.807) is 18.4 Å². The third-order valence-corrected chi connectivity index (χ3v) is 4.08. The Balaban J connectivity index is 2.32. The van der Waals surface area contributed by atoms with Crippen LogP contribution < -0.4 is 10.6 Å². The summed E-state index contributed by atoms with van der Waals surface area (Å²) in [7, 11) is 1.75. The van der Waals surface area contributed by atoms with Gasteiger partial charge in [0, 0.05) is 10.4 Å². The molecule has 0 saturated carbocycles. The van der Waals surface area contributed by atoms with Crippen molar-refractivity contribution >= 4 is 22.4 Å². The van der Waals surface area contributed by atoms with Gasteiger partial charge < -0.3 is 10.6 Å². The van der Waals surface area contributed by atoms with Crippen LogP contribution in [0.2, 0.25) is 0 Å². The highest BCUT2D eigenvalue weighted by molar-refractivity contribution is 7.16. The number of benzene rings is 1. The zero-order valence-corrected chi connectivity index (χ0v) is 12.8. The molecule has 0 spiro atoms. The Bertz CT molecular complexity index is 578. The number of anilines is 1. The Kier molecular flexibility index (Phi) is 4.87. The van der Waals surface area contributed by atoms with E-state index in [4.69, 9.17) is 0 Å². The van der Waals surface area contributed by atoms with E-state index >= 15 is 0 Å². The highest BCUT2D eigenvalue weighted by Crippen LogP contribution is 2.35. The smallest absolute Gasteiger partial charge is 0.240 e. The van der Waals surface area contributed by atoms with Gasteiger partial charge in [-0.05, 0) is 13.0 Å². The predicted octanol–water partition coefficient (Wildman–Crippen LogP) is 3.09. The largest absolute Gasteiger partial charge is 0.311 e. The number of hydrogen-bond acceptors (Lipinski definition) is 4. The summed E-state index contributed by atoms with van der Waals surface area (Å²) in [5, 5.41) is 6.32. The third kappa shape index (κ3) is 3.43. The average Bonchev–Trinajstić information content (AvgIpc) is 2.84. The number of nitrogens with zero attached hydrogens (tertiary/aromatic N) is 1. The molecule has 106 valence electrons. The number of rotatable bonds is 5. The maximum absolute atomic E-state index is 11.6. The maximum atomic E-state index is 11.6. The molecule has 1 heterocycles. The van der Waals surface area contributed by atoms with Crippen molar-refractivity contribution in [2.24, 2.45) is 0 Å². The predicted molar refractivity (Wildman–Crippen MR) is 84.2 cm³/mol. The normalized spacial score (nSPS) is 10.8. The van der Waals surface area contributed by atoms with Gasteiger partial charge in [0.2, 0.25) is 5.91 Å². The van der Waals surface area contributed by atoms with Crippen LogP contribution in [0, 0.1) is 0 Å². The molecule has 1 aromatic carbocycles. The second-order valence-corrected chi connectivity index (χ2v) is 5.86. The minimum absolute atomic E-state index is 0.0730. The Morgan fingerprint density at radius 2 is 2.00 bits per heavy atom. The number of carbonyl (C=O) groups excluding carboxylic acids is 1. The Hall–Kier alpha value is -1.72. The first-order valence-corrected chi connectivity index (χ1v) is 7.44. The van der Waals surface area contributed by atoms with Gasteiger partial charge in [-0.15, -0.1) is 11.3 Å². The van der Waals surface area contributed by atoms with Crippen molar-refractivity contribution in [3.05, 3.63) is 35.2 Å². The zero-order valence-electron chi connectivity index (χ0n) is 11.9. The van der Waals surface area contributed by atoms with Gasteiger partial charge in [-0.25, -0.2) is 4.98 Å². The lowest BCUT2D eigenvalue weighted by atomic mass is 10.1. The van der Waals surface area contributed by atoms with E-state index in [9.17, 15) is 4.79 Å². The number of nitrogens with one attached hydrogen (secondary N) is 2. The van der Waals surface area contributed by atoms with Gasteiger partial charge in [0.1, 0.15) is 0 Å². The van der Waals surface area contributed by atoms with Crippen LogP contribution >= 0.6 is 11.3 Å². The molecule has 5 heteroatoms. The Morgan fingerprint density at radius 3 is 2.60 bits per heavy atom. The molecule has 0 atom stereocenters. The van der Waals surface area contributed by atoms with E-state index in [0.717, 1.165) is 11.3 Å². The van der Waals surface area contributed by atoms with Crippen molar-refractivity contribution in [3.63, 3.8) is 0 Å². The van der Waals surface area contributed by atoms with Gasteiger partial charge in [-0.2, -0.15) is 0 Å². The molecule has 0 radical (unpaired) electrons. The molecule has 1 aromatic heterocycles. The summed E-state index contributed by atoms with van der Waals surface area (Å²) in [4.78, 5) is 17.4. The summed E-state index contributed by atoms with van der Waals surface area (Å²) >= 11 is 1.55. The highest BCUT2D eigenvalue weighted by atomic mass is 32.1. The van der Waals surface area contributed by atoms with Crippen molar-refractivity contribution < 1.29 is 4.79 Å². The lowest BCUT2D eigenvalue weighted by Crippen LogP contribution is -2.24. The monoisotopic (exact) mass is 289 g/mol. The molecule has 0 aliphatic rings. The zero-order chi connectivity index (χ0) is 14.5. The van der Waals surface area contributed by atoms with Gasteiger partial charge in [-0.3, -0.25) is 4.79 Å². The molecule has 2 aromatic rings. The molecule has 4 nitrogen and oxygen atoms in total. The number of hydrogen-bond donors (Lipinski definition) is 2. The first-order valence-electron chi connectivity index (χ1n) is 6.62. The first-order chi connectivity index (χ1) is 9.61. The van der Waals surface area contributed by atoms with Crippen molar-refractivity contribution in [1.29, 1.82) is 0 Å². The highest BCUT2D eigenvalue weighted by Gasteiger charge is 2.16. The fourth-order valence-corrected chi connectivity index (χ4v) is 2.91. The van der Waals surface area contributed by atoms with Gasteiger partial charge >= 0.3 is 0 Å². The standard InChI is InChI=1S/C15H19N3OS/c1-10(2)14-13(11-7-5-4-6-8-11)18-15(20-14)17-12(19)9-16-3/h4-8,10,16H,9H2,1-3H3,(H,17,18,19). The first kappa shape index (κ1) is 14.7. The second-order valence-electron chi connectivity index (χ2n) is 4.83. The van der Waals surface area contributed by atoms with E-state index in [2.05, 4.69) is 29.5 Å². The number of amides is 1. The summed E-state index contributed by atoms with van der Waals surface area (Å²) in [6, 6.07) is 10.1. The summed E-state index contributed by atoms with van der Waals surface area (Å²) < 4.78 is 0. The third-order valence-electron chi connectivity index (χ3n) is 2.81. The molecule has 2 rings (SSSR count). The van der Waals surface area contributed by atoms with Gasteiger partial charge in [0.25, 0.3) is 0 Å². The summed E-state index contributed by atoms with van der Waals surface area (Å²) in [5.74, 6) is 0.300. The quantitative estimate of drug-likeness (QED) is 0.889. The molecule has 1 amide bonds. The molecular formula is C15H19N3OS. The van der Waals surface area contributed by atoms with E-state index in [1.807, 2.05) is 30.3 Å². The number of thiazole rings is 1. The molecule has 0 fully saturated rings. The van der Waals surface area contributed by atoms with Crippen LogP contribution in [-0.2, 0) is 4.79 Å². The summed E-state index contributed by atoms with van der Waals surface area (Å²) in [6.45, 7) is 4.57. The molecule has 0 aliphatic carbocycles. The Labute approximate surface area is 123 Å². The average molecular weight is 289 g/mol. The molecule has 0 aliphatic heterocycles. The Morgan fingerprint density at radius 1 is 1.30 bits per heavy atom. The minimum atomic E-state index is -0.0730. The molecule has 2 N–H and O–H groups in total. The van der Waals surface area contributed by atoms with Crippen LogP contribution in [0.25, 0.3) is 11.3 Å². The minimum Gasteiger partial charge on any atom is -0.311 e. The van der Waals surface area contributed by atoms with Crippen LogP contribution in [-0.4, -0.2) is 24.5 Å². The molecular weight excluding hydrogens is 270 g/mol. The summed E-state index contributed by atoms with van der Waals surface area (Å²) in [5.41, 5.74) is 2.05. The molecule has 0 bridgehead atoms. The number of likely N-dealkylation sites (N-methyl/N-ethyl adjacent to an activating group) is 1. The van der Waals surface area contributed by atoms with Gasteiger partial charge in [0.15, 0.2) is 5.13 Å². The fourth-order valence-electron chi connectivity index (χ4n) is 1.90. The van der Waals surface area contributed by atoms with E-state index < -0.39 is 0 Å². The van der Waals surface area contributed by atoms with Crippen LogP contribution in [0.3, 0.4) is 0 Å². The van der Waals surface area contributed by atoms with Crippen LogP contribution in [0.5, 0.6) is 0 Å². The van der Waals surface area contributed by atoms with Crippen molar-refractivity contribution in [3.8, 4) is 11.3 Å². The fraction of sp³-hybridized carbons (Fsp3) is 0.333. The van der Waals surface area contributed by atoms with E-state index in [-0.39, 0.29) is 12.5 Å². The molecule has 20 heavy (non-hydrogen) atoms. The number of aromatic nitrogens is 1. The topological polar surface area (TPSA) is 54.0 Å². The van der Waals surface area contributed by atoms with Crippen LogP contribution in [0.4, 0.5) is 5.13 Å². The molecule has 0 unspecified atom stereocenters. The number of carbonyl (C=O) groups is 1.